The van der Waals surface area contributed by atoms with Gasteiger partial charge in [-0.25, -0.2) is 4.79 Å². The van der Waals surface area contributed by atoms with Crippen LogP contribution in [0.15, 0.2) is 12.2 Å². The van der Waals surface area contributed by atoms with E-state index in [4.69, 9.17) is 9.94 Å². The van der Waals surface area contributed by atoms with Crippen LogP contribution >= 0.6 is 0 Å². The van der Waals surface area contributed by atoms with Gasteiger partial charge in [0.05, 0.1) is 11.8 Å². The van der Waals surface area contributed by atoms with Gasteiger partial charge in [-0.2, -0.15) is 5.06 Å². The van der Waals surface area contributed by atoms with E-state index in [1.807, 2.05) is 12.2 Å². The molecule has 0 radical (unpaired) electrons. The molecule has 4 atom stereocenters. The van der Waals surface area contributed by atoms with Crippen LogP contribution in [0.1, 0.15) is 6.42 Å². The van der Waals surface area contributed by atoms with Gasteiger partial charge in [0.1, 0.15) is 0 Å². The van der Waals surface area contributed by atoms with Crippen LogP contribution in [0.4, 0.5) is 0 Å². The lowest BCUT2D eigenvalue weighted by Gasteiger charge is -2.14. The molecule has 6 heteroatoms. The molecule has 17 heavy (non-hydrogen) atoms. The lowest BCUT2D eigenvalue weighted by molar-refractivity contribution is -0.194. The molecule has 0 aromatic carbocycles. The van der Waals surface area contributed by atoms with E-state index in [2.05, 4.69) is 0 Å². The number of imide groups is 1. The van der Waals surface area contributed by atoms with E-state index in [-0.39, 0.29) is 23.7 Å². The molecule has 90 valence electrons. The van der Waals surface area contributed by atoms with Crippen LogP contribution in [0.3, 0.4) is 0 Å². The summed E-state index contributed by atoms with van der Waals surface area (Å²) < 4.78 is 0. The second kappa shape index (κ2) is 3.40. The van der Waals surface area contributed by atoms with Crippen molar-refractivity contribution in [3.05, 3.63) is 12.2 Å². The second-order valence-electron chi connectivity index (χ2n) is 4.64. The first-order valence-corrected chi connectivity index (χ1v) is 5.50. The fraction of sp³-hybridized carbons (Fsp3) is 0.545. The van der Waals surface area contributed by atoms with Crippen molar-refractivity contribution >= 4 is 17.8 Å². The van der Waals surface area contributed by atoms with Crippen LogP contribution in [0.5, 0.6) is 0 Å². The van der Waals surface area contributed by atoms with E-state index in [9.17, 15) is 14.4 Å². The molecule has 3 rings (SSSR count). The minimum Gasteiger partial charge on any atom is -0.479 e. The Balaban J connectivity index is 1.80. The Morgan fingerprint density at radius 1 is 1.29 bits per heavy atom. The zero-order valence-electron chi connectivity index (χ0n) is 8.91. The first kappa shape index (κ1) is 10.5. The van der Waals surface area contributed by atoms with Gasteiger partial charge < -0.3 is 5.11 Å². The minimum absolute atomic E-state index is 0.111. The molecule has 1 N–H and O–H groups in total. The highest BCUT2D eigenvalue weighted by Crippen LogP contribution is 2.52. The van der Waals surface area contributed by atoms with Crippen LogP contribution in [0, 0.1) is 23.7 Å². The normalized spacial score (nSPS) is 38.0. The fourth-order valence-electron chi connectivity index (χ4n) is 3.12. The molecule has 4 unspecified atom stereocenters. The number of rotatable bonds is 3. The maximum atomic E-state index is 12.0. The summed E-state index contributed by atoms with van der Waals surface area (Å²) in [4.78, 5) is 39.0. The first-order valence-electron chi connectivity index (χ1n) is 5.50. The van der Waals surface area contributed by atoms with Crippen LogP contribution in [0.2, 0.25) is 0 Å². The van der Waals surface area contributed by atoms with Crippen molar-refractivity contribution in [1.82, 2.24) is 5.06 Å². The number of fused-ring (bicyclic) bond motifs is 5. The monoisotopic (exact) mass is 237 g/mol. The van der Waals surface area contributed by atoms with Crippen LogP contribution in [0.25, 0.3) is 0 Å². The molecular formula is C11H11NO5. The van der Waals surface area contributed by atoms with Crippen molar-refractivity contribution in [1.29, 1.82) is 0 Å². The molecule has 0 aromatic rings. The number of hydrogen-bond donors (Lipinski definition) is 1. The largest absolute Gasteiger partial charge is 0.479 e. The van der Waals surface area contributed by atoms with E-state index in [0.29, 0.717) is 5.06 Å². The average Bonchev–Trinajstić information content (AvgIpc) is 2.92. The Labute approximate surface area is 96.8 Å². The number of aliphatic carboxylic acids is 1. The molecule has 0 aromatic heterocycles. The van der Waals surface area contributed by atoms with Gasteiger partial charge in [-0.1, -0.05) is 12.2 Å². The Hall–Kier alpha value is -1.69. The fourth-order valence-corrected chi connectivity index (χ4v) is 3.12. The molecular weight excluding hydrogens is 226 g/mol. The number of carboxylic acid groups (broad SMARTS) is 1. The number of carbonyl (C=O) groups excluding carboxylic acids is 2. The maximum Gasteiger partial charge on any atom is 0.332 e. The Morgan fingerprint density at radius 2 is 1.82 bits per heavy atom. The van der Waals surface area contributed by atoms with Crippen molar-refractivity contribution in [2.24, 2.45) is 23.7 Å². The molecule has 1 saturated heterocycles. The Morgan fingerprint density at radius 3 is 2.29 bits per heavy atom. The van der Waals surface area contributed by atoms with Crippen molar-refractivity contribution in [3.8, 4) is 0 Å². The van der Waals surface area contributed by atoms with Crippen LogP contribution in [-0.2, 0) is 19.2 Å². The van der Waals surface area contributed by atoms with Gasteiger partial charge in [0.25, 0.3) is 11.8 Å². The zero-order chi connectivity index (χ0) is 12.2. The molecule has 0 spiro atoms. The number of amides is 2. The summed E-state index contributed by atoms with van der Waals surface area (Å²) in [5.41, 5.74) is 0. The Kier molecular flexibility index (Phi) is 2.09. The standard InChI is InChI=1S/C11H11NO5/c13-7(14)4-17-12-10(15)8-5-1-2-6(3-5)9(8)11(12)16/h1-2,5-6,8-9H,3-4H2,(H,13,14). The summed E-state index contributed by atoms with van der Waals surface area (Å²) in [5.74, 6) is -2.45. The van der Waals surface area contributed by atoms with Gasteiger partial charge in [-0.15, -0.1) is 0 Å². The zero-order valence-corrected chi connectivity index (χ0v) is 8.91. The minimum atomic E-state index is -1.20. The second-order valence-corrected chi connectivity index (χ2v) is 4.64. The average molecular weight is 237 g/mol. The topological polar surface area (TPSA) is 83.9 Å². The number of hydroxylamine groups is 2. The van der Waals surface area contributed by atoms with E-state index in [1.54, 1.807) is 0 Å². The van der Waals surface area contributed by atoms with E-state index in [1.165, 1.54) is 0 Å². The highest BCUT2D eigenvalue weighted by atomic mass is 16.7. The third-order valence-electron chi connectivity index (χ3n) is 3.75. The summed E-state index contributed by atoms with van der Waals surface area (Å²) in [5, 5.41) is 9.13. The number of carboxylic acids is 1. The molecule has 2 amide bonds. The first-order chi connectivity index (χ1) is 8.09. The molecule has 2 aliphatic carbocycles. The number of carbonyl (C=O) groups is 3. The quantitative estimate of drug-likeness (QED) is 0.543. The predicted octanol–water partition coefficient (Wildman–Crippen LogP) is -0.190. The smallest absolute Gasteiger partial charge is 0.332 e. The van der Waals surface area contributed by atoms with Gasteiger partial charge in [-0.05, 0) is 18.3 Å². The SMILES string of the molecule is O=C(O)CON1C(=O)C2C3C=CC(C3)C2C1=O. The molecule has 1 saturated carbocycles. The van der Waals surface area contributed by atoms with E-state index < -0.39 is 24.4 Å². The molecule has 2 bridgehead atoms. The highest BCUT2D eigenvalue weighted by molar-refractivity contribution is 6.05. The van der Waals surface area contributed by atoms with Crippen LogP contribution < -0.4 is 0 Å². The third kappa shape index (κ3) is 1.33. The number of nitrogens with zero attached hydrogens (tertiary/aromatic N) is 1. The molecule has 6 nitrogen and oxygen atoms in total. The Bertz CT molecular complexity index is 413. The predicted molar refractivity (Wildman–Crippen MR) is 53.2 cm³/mol. The molecule has 1 aliphatic heterocycles. The molecule has 2 fully saturated rings. The van der Waals surface area contributed by atoms with Gasteiger partial charge in [0.15, 0.2) is 6.61 Å². The van der Waals surface area contributed by atoms with Gasteiger partial charge >= 0.3 is 5.97 Å². The van der Waals surface area contributed by atoms with Crippen molar-refractivity contribution < 1.29 is 24.3 Å². The van der Waals surface area contributed by atoms with Crippen molar-refractivity contribution in [2.45, 2.75) is 6.42 Å². The summed E-state index contributed by atoms with van der Waals surface area (Å²) in [6.45, 7) is -0.667. The summed E-state index contributed by atoms with van der Waals surface area (Å²) in [7, 11) is 0. The highest BCUT2D eigenvalue weighted by Gasteiger charge is 2.60. The summed E-state index contributed by atoms with van der Waals surface area (Å²) in [6.07, 6.45) is 4.79. The molecule has 1 heterocycles. The van der Waals surface area contributed by atoms with Crippen molar-refractivity contribution in [2.75, 3.05) is 6.61 Å². The maximum absolute atomic E-state index is 12.0. The summed E-state index contributed by atoms with van der Waals surface area (Å²) in [6, 6.07) is 0. The van der Waals surface area contributed by atoms with E-state index in [0.717, 1.165) is 6.42 Å². The number of allylic oxidation sites excluding steroid dienone is 2. The van der Waals surface area contributed by atoms with Crippen LogP contribution in [-0.4, -0.2) is 34.6 Å². The van der Waals surface area contributed by atoms with Gasteiger partial charge in [-0.3, -0.25) is 14.4 Å². The van der Waals surface area contributed by atoms with Gasteiger partial charge in [0, 0.05) is 0 Å². The van der Waals surface area contributed by atoms with E-state index >= 15 is 0 Å². The van der Waals surface area contributed by atoms with Gasteiger partial charge in [0.2, 0.25) is 0 Å². The lowest BCUT2D eigenvalue weighted by atomic mass is 9.85. The lowest BCUT2D eigenvalue weighted by Crippen LogP contribution is -2.34. The van der Waals surface area contributed by atoms with Crippen molar-refractivity contribution in [3.63, 3.8) is 0 Å². The summed E-state index contributed by atoms with van der Waals surface area (Å²) >= 11 is 0. The number of hydrogen-bond acceptors (Lipinski definition) is 4. The third-order valence-corrected chi connectivity index (χ3v) is 3.75. The molecule has 3 aliphatic rings.